The van der Waals surface area contributed by atoms with Gasteiger partial charge in [-0.2, -0.15) is 0 Å². The molecule has 3 aliphatic heterocycles. The summed E-state index contributed by atoms with van der Waals surface area (Å²) in [7, 11) is 1.77. The molecule has 0 aliphatic carbocycles. The summed E-state index contributed by atoms with van der Waals surface area (Å²) in [6.45, 7) is 3.80. The number of nitrogens with one attached hydrogen (secondary N) is 1. The van der Waals surface area contributed by atoms with Crippen molar-refractivity contribution in [3.8, 4) is 5.75 Å². The van der Waals surface area contributed by atoms with Crippen molar-refractivity contribution in [2.45, 2.75) is 18.8 Å². The van der Waals surface area contributed by atoms with Crippen LogP contribution in [0.3, 0.4) is 0 Å². The zero-order valence-electron chi connectivity index (χ0n) is 11.4. The Morgan fingerprint density at radius 1 is 1.26 bits per heavy atom. The SMILES string of the molecule is COc1cccc2[nH]cc(C3CN4CCC3CC4)c12. The monoisotopic (exact) mass is 256 g/mol. The number of hydrogen-bond donors (Lipinski definition) is 1. The number of rotatable bonds is 2. The molecule has 1 unspecified atom stereocenters. The Balaban J connectivity index is 1.83. The van der Waals surface area contributed by atoms with Crippen molar-refractivity contribution in [2.24, 2.45) is 5.92 Å². The van der Waals surface area contributed by atoms with E-state index in [0.29, 0.717) is 5.92 Å². The highest BCUT2D eigenvalue weighted by Crippen LogP contribution is 2.43. The summed E-state index contributed by atoms with van der Waals surface area (Å²) < 4.78 is 5.56. The normalized spacial score (nSPS) is 29.8. The van der Waals surface area contributed by atoms with Crippen LogP contribution in [0.5, 0.6) is 5.75 Å². The van der Waals surface area contributed by atoms with Crippen molar-refractivity contribution in [1.29, 1.82) is 0 Å². The molecule has 3 saturated heterocycles. The number of piperidine rings is 3. The zero-order valence-corrected chi connectivity index (χ0v) is 11.4. The average Bonchev–Trinajstić information content (AvgIpc) is 2.92. The predicted octanol–water partition coefficient (Wildman–Crippen LogP) is 2.99. The Kier molecular flexibility index (Phi) is 2.55. The first kappa shape index (κ1) is 11.4. The van der Waals surface area contributed by atoms with Crippen LogP contribution in [0.4, 0.5) is 0 Å². The standard InChI is InChI=1S/C16H20N2O/c1-19-15-4-2-3-14-16(15)12(9-17-14)13-10-18-7-5-11(13)6-8-18/h2-4,9,11,13,17H,5-8,10H2,1H3. The van der Waals surface area contributed by atoms with Crippen LogP contribution in [-0.2, 0) is 0 Å². The molecule has 1 aromatic heterocycles. The maximum absolute atomic E-state index is 5.56. The predicted molar refractivity (Wildman–Crippen MR) is 76.8 cm³/mol. The van der Waals surface area contributed by atoms with Crippen LogP contribution in [0, 0.1) is 5.92 Å². The minimum atomic E-state index is 0.674. The highest BCUT2D eigenvalue weighted by molar-refractivity contribution is 5.89. The summed E-state index contributed by atoms with van der Waals surface area (Å²) >= 11 is 0. The molecule has 3 fully saturated rings. The minimum Gasteiger partial charge on any atom is -0.496 e. The van der Waals surface area contributed by atoms with E-state index in [2.05, 4.69) is 34.3 Å². The lowest BCUT2D eigenvalue weighted by Crippen LogP contribution is -2.46. The Bertz CT molecular complexity index is 596. The van der Waals surface area contributed by atoms with Gasteiger partial charge < -0.3 is 14.6 Å². The molecule has 19 heavy (non-hydrogen) atoms. The van der Waals surface area contributed by atoms with Crippen molar-refractivity contribution in [1.82, 2.24) is 9.88 Å². The number of hydrogen-bond acceptors (Lipinski definition) is 2. The Hall–Kier alpha value is -1.48. The van der Waals surface area contributed by atoms with E-state index in [9.17, 15) is 0 Å². The van der Waals surface area contributed by atoms with Gasteiger partial charge in [-0.25, -0.2) is 0 Å². The van der Waals surface area contributed by atoms with Crippen LogP contribution in [0.15, 0.2) is 24.4 Å². The van der Waals surface area contributed by atoms with E-state index in [-0.39, 0.29) is 0 Å². The number of fused-ring (bicyclic) bond motifs is 4. The second-order valence-electron chi connectivity index (χ2n) is 5.87. The van der Waals surface area contributed by atoms with Gasteiger partial charge in [-0.3, -0.25) is 0 Å². The molecule has 3 heteroatoms. The molecule has 5 rings (SSSR count). The fourth-order valence-electron chi connectivity index (χ4n) is 3.96. The number of aromatic nitrogens is 1. The van der Waals surface area contributed by atoms with Gasteiger partial charge in [0.2, 0.25) is 0 Å². The lowest BCUT2D eigenvalue weighted by Gasteiger charge is -2.44. The van der Waals surface area contributed by atoms with Gasteiger partial charge in [-0.1, -0.05) is 6.07 Å². The van der Waals surface area contributed by atoms with E-state index < -0.39 is 0 Å². The van der Waals surface area contributed by atoms with E-state index in [1.54, 1.807) is 7.11 Å². The summed E-state index contributed by atoms with van der Waals surface area (Å²) in [6, 6.07) is 6.27. The molecule has 3 nitrogen and oxygen atoms in total. The second-order valence-corrected chi connectivity index (χ2v) is 5.87. The third-order valence-electron chi connectivity index (χ3n) is 4.97. The summed E-state index contributed by atoms with van der Waals surface area (Å²) in [5, 5.41) is 1.30. The molecular weight excluding hydrogens is 236 g/mol. The molecule has 0 radical (unpaired) electrons. The minimum absolute atomic E-state index is 0.674. The summed E-state index contributed by atoms with van der Waals surface area (Å²) in [4.78, 5) is 6.03. The molecule has 0 saturated carbocycles. The third-order valence-corrected chi connectivity index (χ3v) is 4.97. The molecule has 100 valence electrons. The maximum atomic E-state index is 5.56. The third kappa shape index (κ3) is 1.68. The molecule has 3 aliphatic rings. The molecule has 2 bridgehead atoms. The number of benzene rings is 1. The largest absolute Gasteiger partial charge is 0.496 e. The van der Waals surface area contributed by atoms with E-state index >= 15 is 0 Å². The van der Waals surface area contributed by atoms with Crippen molar-refractivity contribution in [3.05, 3.63) is 30.0 Å². The number of nitrogens with zero attached hydrogens (tertiary/aromatic N) is 1. The lowest BCUT2D eigenvalue weighted by molar-refractivity contribution is 0.0876. The van der Waals surface area contributed by atoms with Crippen LogP contribution < -0.4 is 4.74 Å². The first-order valence-electron chi connectivity index (χ1n) is 7.23. The summed E-state index contributed by atoms with van der Waals surface area (Å²) in [5.41, 5.74) is 2.66. The highest BCUT2D eigenvalue weighted by Gasteiger charge is 2.36. The summed E-state index contributed by atoms with van der Waals surface area (Å²) in [5.74, 6) is 2.53. The molecular formula is C16H20N2O. The molecule has 0 spiro atoms. The van der Waals surface area contributed by atoms with Gasteiger partial charge in [0.1, 0.15) is 5.75 Å². The topological polar surface area (TPSA) is 28.3 Å². The first-order chi connectivity index (χ1) is 9.36. The molecule has 1 N–H and O–H groups in total. The maximum Gasteiger partial charge on any atom is 0.128 e. The number of H-pyrrole nitrogens is 1. The highest BCUT2D eigenvalue weighted by atomic mass is 16.5. The molecule has 2 aromatic rings. The molecule has 1 aromatic carbocycles. The zero-order chi connectivity index (χ0) is 12.8. The van der Waals surface area contributed by atoms with Crippen LogP contribution in [-0.4, -0.2) is 36.6 Å². The fourth-order valence-corrected chi connectivity index (χ4v) is 3.96. The van der Waals surface area contributed by atoms with Gasteiger partial charge in [0.05, 0.1) is 7.11 Å². The van der Waals surface area contributed by atoms with Gasteiger partial charge in [0.25, 0.3) is 0 Å². The van der Waals surface area contributed by atoms with E-state index in [1.165, 1.54) is 48.9 Å². The fraction of sp³-hybridized carbons (Fsp3) is 0.500. The van der Waals surface area contributed by atoms with E-state index in [4.69, 9.17) is 4.74 Å². The van der Waals surface area contributed by atoms with Gasteiger partial charge in [0.15, 0.2) is 0 Å². The van der Waals surface area contributed by atoms with E-state index in [1.807, 2.05) is 0 Å². The Labute approximate surface area is 113 Å². The van der Waals surface area contributed by atoms with Crippen molar-refractivity contribution in [3.63, 3.8) is 0 Å². The van der Waals surface area contributed by atoms with Gasteiger partial charge in [-0.05, 0) is 49.5 Å². The number of ether oxygens (including phenoxy) is 1. The second kappa shape index (κ2) is 4.27. The number of aromatic amines is 1. The van der Waals surface area contributed by atoms with Crippen LogP contribution >= 0.6 is 0 Å². The van der Waals surface area contributed by atoms with Crippen LogP contribution in [0.1, 0.15) is 24.3 Å². The van der Waals surface area contributed by atoms with Crippen LogP contribution in [0.25, 0.3) is 10.9 Å². The van der Waals surface area contributed by atoms with Gasteiger partial charge >= 0.3 is 0 Å². The Morgan fingerprint density at radius 2 is 2.11 bits per heavy atom. The molecule has 4 heterocycles. The lowest BCUT2D eigenvalue weighted by atomic mass is 9.75. The summed E-state index contributed by atoms with van der Waals surface area (Å²) in [6.07, 6.45) is 4.92. The van der Waals surface area contributed by atoms with Crippen molar-refractivity contribution >= 4 is 10.9 Å². The number of methoxy groups -OCH3 is 1. The van der Waals surface area contributed by atoms with Gasteiger partial charge in [0, 0.05) is 29.6 Å². The van der Waals surface area contributed by atoms with Crippen LogP contribution in [0.2, 0.25) is 0 Å². The smallest absolute Gasteiger partial charge is 0.128 e. The first-order valence-corrected chi connectivity index (χ1v) is 7.23. The quantitative estimate of drug-likeness (QED) is 0.894. The van der Waals surface area contributed by atoms with Crippen molar-refractivity contribution in [2.75, 3.05) is 26.7 Å². The molecule has 0 amide bonds. The average molecular weight is 256 g/mol. The van der Waals surface area contributed by atoms with E-state index in [0.717, 1.165) is 11.7 Å². The molecule has 1 atom stereocenters. The van der Waals surface area contributed by atoms with Gasteiger partial charge in [-0.15, -0.1) is 0 Å². The Morgan fingerprint density at radius 3 is 2.79 bits per heavy atom. The van der Waals surface area contributed by atoms with Crippen molar-refractivity contribution < 1.29 is 4.74 Å².